The molecule has 3 aromatic carbocycles. The van der Waals surface area contributed by atoms with Gasteiger partial charge in [0, 0.05) is 11.1 Å². The summed E-state index contributed by atoms with van der Waals surface area (Å²) in [6, 6.07) is 18.3. The van der Waals surface area contributed by atoms with Gasteiger partial charge in [-0.15, -0.1) is 0 Å². The number of esters is 1. The number of nitrogens with zero attached hydrogens (tertiary/aromatic N) is 2. The minimum atomic E-state index is -0.800. The summed E-state index contributed by atoms with van der Waals surface area (Å²) in [6.07, 6.45) is 1.63. The standard InChI is InChI=1S/C35H35FN2O6S/c1-6-41-29-18-23(16-17-28(29)43-20-24-12-8-10-14-26(24)36)19-30-33(39)38-32(25-13-9-11-15-27(25)44-21(3)4)31(34(40)42-7-2)22(5)37-35(38)45-30/h8-19,21,32H,6-7,20H2,1-5H3. The molecular weight excluding hydrogens is 595 g/mol. The summed E-state index contributed by atoms with van der Waals surface area (Å²) in [5, 5.41) is 0. The molecule has 10 heteroatoms. The number of fused-ring (bicyclic) bond motifs is 1. The molecule has 1 aromatic heterocycles. The second-order valence-corrected chi connectivity index (χ2v) is 11.5. The molecule has 234 valence electrons. The van der Waals surface area contributed by atoms with E-state index in [0.717, 1.165) is 0 Å². The number of carbonyl (C=O) groups excluding carboxylic acids is 1. The number of rotatable bonds is 11. The first-order chi connectivity index (χ1) is 21.7. The summed E-state index contributed by atoms with van der Waals surface area (Å²) in [5.41, 5.74) is 2.23. The Bertz CT molecular complexity index is 1930. The Kier molecular flexibility index (Phi) is 9.83. The maximum atomic E-state index is 14.1. The highest BCUT2D eigenvalue weighted by Crippen LogP contribution is 2.36. The van der Waals surface area contributed by atoms with Crippen molar-refractivity contribution in [2.45, 2.75) is 53.4 Å². The van der Waals surface area contributed by atoms with Crippen LogP contribution in [-0.4, -0.2) is 29.9 Å². The summed E-state index contributed by atoms with van der Waals surface area (Å²) in [6.45, 7) is 9.78. The Hall–Kier alpha value is -4.70. The van der Waals surface area contributed by atoms with E-state index < -0.39 is 12.0 Å². The molecule has 8 nitrogen and oxygen atoms in total. The van der Waals surface area contributed by atoms with E-state index in [9.17, 15) is 14.0 Å². The van der Waals surface area contributed by atoms with Crippen molar-refractivity contribution in [3.05, 3.63) is 120 Å². The van der Waals surface area contributed by atoms with Crippen molar-refractivity contribution in [2.24, 2.45) is 4.99 Å². The van der Waals surface area contributed by atoms with Crippen molar-refractivity contribution in [1.82, 2.24) is 4.57 Å². The molecule has 5 rings (SSSR count). The van der Waals surface area contributed by atoms with Crippen LogP contribution in [0.4, 0.5) is 4.39 Å². The number of benzene rings is 3. The van der Waals surface area contributed by atoms with E-state index in [-0.39, 0.29) is 36.3 Å². The number of thiazole rings is 1. The van der Waals surface area contributed by atoms with E-state index in [1.165, 1.54) is 22.0 Å². The maximum Gasteiger partial charge on any atom is 0.338 e. The van der Waals surface area contributed by atoms with Crippen LogP contribution in [0, 0.1) is 5.82 Å². The van der Waals surface area contributed by atoms with Gasteiger partial charge in [-0.1, -0.05) is 53.8 Å². The monoisotopic (exact) mass is 630 g/mol. The van der Waals surface area contributed by atoms with Crippen molar-refractivity contribution in [1.29, 1.82) is 0 Å². The SMILES string of the molecule is CCOC(=O)C1=C(C)N=c2sc(=Cc3ccc(OCc4ccccc4F)c(OCC)c3)c(=O)n2C1c1ccccc1OC(C)C. The number of aromatic nitrogens is 1. The lowest BCUT2D eigenvalue weighted by molar-refractivity contribution is -0.139. The number of carbonyl (C=O) groups is 1. The summed E-state index contributed by atoms with van der Waals surface area (Å²) in [4.78, 5) is 32.5. The van der Waals surface area contributed by atoms with Gasteiger partial charge < -0.3 is 18.9 Å². The van der Waals surface area contributed by atoms with Crippen LogP contribution < -0.4 is 29.1 Å². The third-order valence-corrected chi connectivity index (χ3v) is 7.98. The van der Waals surface area contributed by atoms with Crippen molar-refractivity contribution < 1.29 is 28.1 Å². The van der Waals surface area contributed by atoms with Gasteiger partial charge in [0.25, 0.3) is 5.56 Å². The molecule has 4 aromatic rings. The molecule has 0 saturated heterocycles. The fourth-order valence-corrected chi connectivity index (χ4v) is 6.12. The van der Waals surface area contributed by atoms with E-state index in [1.54, 1.807) is 56.3 Å². The number of hydrogen-bond donors (Lipinski definition) is 0. The van der Waals surface area contributed by atoms with Crippen LogP contribution in [0.3, 0.4) is 0 Å². The number of halogens is 1. The molecule has 0 radical (unpaired) electrons. The fraction of sp³-hybridized carbons (Fsp3) is 0.286. The maximum absolute atomic E-state index is 14.1. The Balaban J connectivity index is 1.59. The highest BCUT2D eigenvalue weighted by molar-refractivity contribution is 7.07. The Morgan fingerprint density at radius 3 is 2.49 bits per heavy atom. The largest absolute Gasteiger partial charge is 0.491 e. The van der Waals surface area contributed by atoms with Crippen molar-refractivity contribution in [3.8, 4) is 17.2 Å². The number of hydrogen-bond acceptors (Lipinski definition) is 8. The van der Waals surface area contributed by atoms with Crippen LogP contribution in [0.15, 0.2) is 87.8 Å². The number of allylic oxidation sites excluding steroid dienone is 1. The molecule has 1 unspecified atom stereocenters. The Labute approximate surface area is 264 Å². The second kappa shape index (κ2) is 13.9. The van der Waals surface area contributed by atoms with Gasteiger partial charge >= 0.3 is 5.97 Å². The van der Waals surface area contributed by atoms with Crippen molar-refractivity contribution >= 4 is 23.4 Å². The molecule has 2 heterocycles. The van der Waals surface area contributed by atoms with Gasteiger partial charge in [0.15, 0.2) is 16.3 Å². The fourth-order valence-electron chi connectivity index (χ4n) is 5.08. The average molecular weight is 631 g/mol. The summed E-state index contributed by atoms with van der Waals surface area (Å²) < 4.78 is 39.4. The normalized spacial score (nSPS) is 14.6. The summed E-state index contributed by atoms with van der Waals surface area (Å²) in [7, 11) is 0. The first-order valence-corrected chi connectivity index (χ1v) is 15.6. The average Bonchev–Trinajstić information content (AvgIpc) is 3.31. The molecule has 45 heavy (non-hydrogen) atoms. The van der Waals surface area contributed by atoms with Gasteiger partial charge in [0.05, 0.1) is 35.1 Å². The zero-order valence-electron chi connectivity index (χ0n) is 25.8. The van der Waals surface area contributed by atoms with Gasteiger partial charge in [0.2, 0.25) is 0 Å². The minimum absolute atomic E-state index is 0.0365. The molecule has 0 spiro atoms. The molecule has 1 atom stereocenters. The van der Waals surface area contributed by atoms with E-state index in [2.05, 4.69) is 4.99 Å². The molecule has 0 aliphatic carbocycles. The smallest absolute Gasteiger partial charge is 0.338 e. The van der Waals surface area contributed by atoms with Crippen LogP contribution >= 0.6 is 11.3 Å². The van der Waals surface area contributed by atoms with Crippen LogP contribution in [0.1, 0.15) is 57.4 Å². The van der Waals surface area contributed by atoms with Gasteiger partial charge in [0.1, 0.15) is 24.2 Å². The van der Waals surface area contributed by atoms with Crippen LogP contribution in [-0.2, 0) is 16.1 Å². The minimum Gasteiger partial charge on any atom is -0.491 e. The molecule has 0 fully saturated rings. The number of para-hydroxylation sites is 1. The van der Waals surface area contributed by atoms with Crippen LogP contribution in [0.5, 0.6) is 17.2 Å². The Morgan fingerprint density at radius 2 is 1.76 bits per heavy atom. The molecule has 0 saturated carbocycles. The topological polar surface area (TPSA) is 88.4 Å². The third kappa shape index (κ3) is 6.86. The molecule has 1 aliphatic heterocycles. The summed E-state index contributed by atoms with van der Waals surface area (Å²) >= 11 is 1.23. The van der Waals surface area contributed by atoms with Gasteiger partial charge in [-0.3, -0.25) is 9.36 Å². The van der Waals surface area contributed by atoms with E-state index in [1.807, 2.05) is 45.0 Å². The quantitative estimate of drug-likeness (QED) is 0.198. The van der Waals surface area contributed by atoms with Gasteiger partial charge in [-0.2, -0.15) is 0 Å². The van der Waals surface area contributed by atoms with Crippen LogP contribution in [0.2, 0.25) is 0 Å². The van der Waals surface area contributed by atoms with E-state index in [0.29, 0.717) is 55.6 Å². The first kappa shape index (κ1) is 31.7. The highest BCUT2D eigenvalue weighted by Gasteiger charge is 2.35. The van der Waals surface area contributed by atoms with E-state index in [4.69, 9.17) is 18.9 Å². The second-order valence-electron chi connectivity index (χ2n) is 10.5. The molecule has 0 N–H and O–H groups in total. The van der Waals surface area contributed by atoms with Crippen molar-refractivity contribution in [2.75, 3.05) is 13.2 Å². The molecule has 1 aliphatic rings. The zero-order valence-corrected chi connectivity index (χ0v) is 26.7. The lowest BCUT2D eigenvalue weighted by Gasteiger charge is -2.26. The van der Waals surface area contributed by atoms with E-state index >= 15 is 0 Å². The van der Waals surface area contributed by atoms with Gasteiger partial charge in [-0.05, 0) is 70.5 Å². The summed E-state index contributed by atoms with van der Waals surface area (Å²) in [5.74, 6) is 0.602. The van der Waals surface area contributed by atoms with Crippen LogP contribution in [0.25, 0.3) is 6.08 Å². The Morgan fingerprint density at radius 1 is 1.00 bits per heavy atom. The number of ether oxygens (including phenoxy) is 4. The zero-order chi connectivity index (χ0) is 32.1. The third-order valence-electron chi connectivity index (χ3n) is 7.00. The predicted molar refractivity (Wildman–Crippen MR) is 171 cm³/mol. The lowest BCUT2D eigenvalue weighted by atomic mass is 9.95. The van der Waals surface area contributed by atoms with Gasteiger partial charge in [-0.25, -0.2) is 14.2 Å². The molecule has 0 bridgehead atoms. The van der Waals surface area contributed by atoms with Crippen molar-refractivity contribution in [3.63, 3.8) is 0 Å². The molecular formula is C35H35FN2O6S. The first-order valence-electron chi connectivity index (χ1n) is 14.8. The molecule has 0 amide bonds. The lowest BCUT2D eigenvalue weighted by Crippen LogP contribution is -2.40. The predicted octanol–water partition coefficient (Wildman–Crippen LogP) is 5.70. The highest BCUT2D eigenvalue weighted by atomic mass is 32.1.